The molecule has 1 aromatic carbocycles. The second-order valence-electron chi connectivity index (χ2n) is 4.62. The molecule has 1 heterocycles. The number of anilines is 1. The summed E-state index contributed by atoms with van der Waals surface area (Å²) in [6, 6.07) is 5.86. The summed E-state index contributed by atoms with van der Waals surface area (Å²) in [5.74, 6) is -0.233. The Morgan fingerprint density at radius 3 is 2.95 bits per heavy atom. The molecule has 0 aliphatic carbocycles. The second kappa shape index (κ2) is 8.56. The highest BCUT2D eigenvalue weighted by Gasteiger charge is 2.15. The molecule has 7 nitrogen and oxygen atoms in total. The smallest absolute Gasteiger partial charge is 0.271 e. The number of carbonyl (C=O) groups is 1. The molecule has 1 aliphatic rings. The Morgan fingerprint density at radius 1 is 1.48 bits per heavy atom. The van der Waals surface area contributed by atoms with E-state index in [4.69, 9.17) is 4.74 Å². The number of nitrogens with one attached hydrogen (secondary N) is 2. The van der Waals surface area contributed by atoms with Gasteiger partial charge < -0.3 is 15.4 Å². The minimum Gasteiger partial charge on any atom is -0.377 e. The fraction of sp³-hybridized carbons (Fsp3) is 0.462. The van der Waals surface area contributed by atoms with Crippen LogP contribution in [-0.2, 0) is 9.53 Å². The number of amides is 1. The van der Waals surface area contributed by atoms with Gasteiger partial charge in [-0.1, -0.05) is 6.07 Å². The van der Waals surface area contributed by atoms with Gasteiger partial charge in [0.25, 0.3) is 5.69 Å². The Balaban J connectivity index is 0.00000220. The number of non-ortho nitro benzene ring substituents is 1. The SMILES string of the molecule is Cl.O=C(CNCC1CCCO1)Nc1cccc([N+](=O)[O-])c1. The number of nitro benzene ring substituents is 1. The van der Waals surface area contributed by atoms with Gasteiger partial charge >= 0.3 is 0 Å². The van der Waals surface area contributed by atoms with Crippen LogP contribution in [0.2, 0.25) is 0 Å². The molecule has 0 saturated carbocycles. The molecule has 1 saturated heterocycles. The molecule has 1 fully saturated rings. The lowest BCUT2D eigenvalue weighted by molar-refractivity contribution is -0.384. The Hall–Kier alpha value is -1.70. The largest absolute Gasteiger partial charge is 0.377 e. The zero-order valence-electron chi connectivity index (χ0n) is 11.4. The van der Waals surface area contributed by atoms with Crippen LogP contribution in [-0.4, -0.2) is 36.6 Å². The zero-order chi connectivity index (χ0) is 14.4. The number of hydrogen-bond acceptors (Lipinski definition) is 5. The lowest BCUT2D eigenvalue weighted by Gasteiger charge is -2.10. The highest BCUT2D eigenvalue weighted by molar-refractivity contribution is 5.92. The van der Waals surface area contributed by atoms with Crippen molar-refractivity contribution < 1.29 is 14.5 Å². The van der Waals surface area contributed by atoms with Crippen LogP contribution < -0.4 is 10.6 Å². The maximum absolute atomic E-state index is 11.7. The molecule has 0 bridgehead atoms. The third kappa shape index (κ3) is 5.66. The van der Waals surface area contributed by atoms with Crippen molar-refractivity contribution in [3.05, 3.63) is 34.4 Å². The van der Waals surface area contributed by atoms with Gasteiger partial charge in [0.05, 0.1) is 17.6 Å². The first-order valence-corrected chi connectivity index (χ1v) is 6.52. The fourth-order valence-corrected chi connectivity index (χ4v) is 2.05. The standard InChI is InChI=1S/C13H17N3O4.ClH/c17-13(9-14-8-12-5-2-6-20-12)15-10-3-1-4-11(7-10)16(18)19;/h1,3-4,7,12,14H,2,5-6,8-9H2,(H,15,17);1H. The highest BCUT2D eigenvalue weighted by atomic mass is 35.5. The molecule has 2 N–H and O–H groups in total. The summed E-state index contributed by atoms with van der Waals surface area (Å²) in [5, 5.41) is 16.3. The molecule has 0 spiro atoms. The molecular formula is C13H18ClN3O4. The van der Waals surface area contributed by atoms with Crippen molar-refractivity contribution in [3.63, 3.8) is 0 Å². The highest BCUT2D eigenvalue weighted by Crippen LogP contribution is 2.16. The molecule has 21 heavy (non-hydrogen) atoms. The Bertz CT molecular complexity index is 492. The maximum Gasteiger partial charge on any atom is 0.271 e. The van der Waals surface area contributed by atoms with E-state index in [0.717, 1.165) is 19.4 Å². The second-order valence-corrected chi connectivity index (χ2v) is 4.62. The Labute approximate surface area is 128 Å². The third-order valence-corrected chi connectivity index (χ3v) is 3.02. The van der Waals surface area contributed by atoms with Crippen LogP contribution in [0.4, 0.5) is 11.4 Å². The summed E-state index contributed by atoms with van der Waals surface area (Å²) < 4.78 is 5.43. The van der Waals surface area contributed by atoms with Crippen LogP contribution in [0, 0.1) is 10.1 Å². The van der Waals surface area contributed by atoms with E-state index in [1.165, 1.54) is 18.2 Å². The number of hydrogen-bond donors (Lipinski definition) is 2. The first-order valence-electron chi connectivity index (χ1n) is 6.52. The van der Waals surface area contributed by atoms with Crippen molar-refractivity contribution in [2.45, 2.75) is 18.9 Å². The summed E-state index contributed by atoms with van der Waals surface area (Å²) in [4.78, 5) is 21.8. The van der Waals surface area contributed by atoms with E-state index < -0.39 is 4.92 Å². The summed E-state index contributed by atoms with van der Waals surface area (Å²) in [5.41, 5.74) is 0.373. The molecule has 1 atom stereocenters. The van der Waals surface area contributed by atoms with Crippen molar-refractivity contribution in [3.8, 4) is 0 Å². The van der Waals surface area contributed by atoms with Gasteiger partial charge in [-0.15, -0.1) is 12.4 Å². The van der Waals surface area contributed by atoms with Crippen LogP contribution in [0.15, 0.2) is 24.3 Å². The number of benzene rings is 1. The molecular weight excluding hydrogens is 298 g/mol. The zero-order valence-corrected chi connectivity index (χ0v) is 12.2. The van der Waals surface area contributed by atoms with Gasteiger partial charge in [-0.25, -0.2) is 0 Å². The monoisotopic (exact) mass is 315 g/mol. The minimum atomic E-state index is -0.495. The number of nitro groups is 1. The lowest BCUT2D eigenvalue weighted by atomic mass is 10.2. The predicted molar refractivity (Wildman–Crippen MR) is 80.8 cm³/mol. The Kier molecular flexibility index (Phi) is 7.07. The van der Waals surface area contributed by atoms with E-state index >= 15 is 0 Å². The summed E-state index contributed by atoms with van der Waals surface area (Å²) >= 11 is 0. The molecule has 116 valence electrons. The maximum atomic E-state index is 11.7. The van der Waals surface area contributed by atoms with Gasteiger partial charge in [-0.2, -0.15) is 0 Å². The van der Waals surface area contributed by atoms with Crippen molar-refractivity contribution in [1.29, 1.82) is 0 Å². The quantitative estimate of drug-likeness (QED) is 0.616. The van der Waals surface area contributed by atoms with Crippen LogP contribution in [0.25, 0.3) is 0 Å². The summed E-state index contributed by atoms with van der Waals surface area (Å²) in [6.45, 7) is 1.58. The van der Waals surface area contributed by atoms with Gasteiger partial charge in [0.2, 0.25) is 5.91 Å². The van der Waals surface area contributed by atoms with Crippen molar-refractivity contribution in [2.75, 3.05) is 25.0 Å². The van der Waals surface area contributed by atoms with Gasteiger partial charge in [0, 0.05) is 31.0 Å². The number of halogens is 1. The van der Waals surface area contributed by atoms with E-state index in [1.54, 1.807) is 6.07 Å². The van der Waals surface area contributed by atoms with Crippen LogP contribution in [0.1, 0.15) is 12.8 Å². The average Bonchev–Trinajstić information content (AvgIpc) is 2.92. The van der Waals surface area contributed by atoms with Gasteiger partial charge in [0.15, 0.2) is 0 Å². The minimum absolute atomic E-state index is 0. The molecule has 0 radical (unpaired) electrons. The van der Waals surface area contributed by atoms with Crippen LogP contribution in [0.3, 0.4) is 0 Å². The van der Waals surface area contributed by atoms with E-state index in [0.29, 0.717) is 12.2 Å². The molecule has 1 aliphatic heterocycles. The topological polar surface area (TPSA) is 93.5 Å². The lowest BCUT2D eigenvalue weighted by Crippen LogP contribution is -2.33. The molecule has 2 rings (SSSR count). The first-order chi connectivity index (χ1) is 9.65. The number of nitrogens with zero attached hydrogens (tertiary/aromatic N) is 1. The van der Waals surface area contributed by atoms with E-state index in [9.17, 15) is 14.9 Å². The van der Waals surface area contributed by atoms with Gasteiger partial charge in [-0.3, -0.25) is 14.9 Å². The first kappa shape index (κ1) is 17.4. The van der Waals surface area contributed by atoms with Crippen LogP contribution in [0.5, 0.6) is 0 Å². The number of carbonyl (C=O) groups excluding carboxylic acids is 1. The van der Waals surface area contributed by atoms with Gasteiger partial charge in [0.1, 0.15) is 0 Å². The Morgan fingerprint density at radius 2 is 2.29 bits per heavy atom. The molecule has 1 unspecified atom stereocenters. The molecule has 1 aromatic rings. The van der Waals surface area contributed by atoms with Crippen LogP contribution >= 0.6 is 12.4 Å². The fourth-order valence-electron chi connectivity index (χ4n) is 2.05. The number of ether oxygens (including phenoxy) is 1. The summed E-state index contributed by atoms with van der Waals surface area (Å²) in [7, 11) is 0. The summed E-state index contributed by atoms with van der Waals surface area (Å²) in [6.07, 6.45) is 2.26. The van der Waals surface area contributed by atoms with E-state index in [1.807, 2.05) is 0 Å². The third-order valence-electron chi connectivity index (χ3n) is 3.02. The van der Waals surface area contributed by atoms with E-state index in [2.05, 4.69) is 10.6 Å². The van der Waals surface area contributed by atoms with Crippen molar-refractivity contribution in [2.24, 2.45) is 0 Å². The molecule has 8 heteroatoms. The normalized spacial score (nSPS) is 17.0. The van der Waals surface area contributed by atoms with E-state index in [-0.39, 0.29) is 36.7 Å². The predicted octanol–water partition coefficient (Wildman–Crippen LogP) is 1.72. The van der Waals surface area contributed by atoms with Gasteiger partial charge in [-0.05, 0) is 18.9 Å². The number of rotatable bonds is 6. The van der Waals surface area contributed by atoms with Crippen molar-refractivity contribution in [1.82, 2.24) is 5.32 Å². The average molecular weight is 316 g/mol. The van der Waals surface area contributed by atoms with Crippen molar-refractivity contribution >= 4 is 29.7 Å². The molecule has 0 aromatic heterocycles. The molecule has 1 amide bonds.